The summed E-state index contributed by atoms with van der Waals surface area (Å²) in [6, 6.07) is 6.87. The second kappa shape index (κ2) is 5.69. The quantitative estimate of drug-likeness (QED) is 0.773. The van der Waals surface area contributed by atoms with E-state index in [0.29, 0.717) is 11.8 Å². The second-order valence-electron chi connectivity index (χ2n) is 4.45. The molecular weight excluding hydrogens is 221 g/mol. The van der Waals surface area contributed by atoms with Gasteiger partial charge in [0.15, 0.2) is 0 Å². The number of rotatable bonds is 3. The molecule has 16 heavy (non-hydrogen) atoms. The third kappa shape index (κ3) is 2.77. The van der Waals surface area contributed by atoms with Crippen LogP contribution in [-0.4, -0.2) is 18.8 Å². The molecule has 0 spiro atoms. The molecule has 0 aliphatic carbocycles. The lowest BCUT2D eigenvalue weighted by molar-refractivity contribution is 0.337. The topological polar surface area (TPSA) is 12.0 Å². The molecule has 88 valence electrons. The molecule has 1 N–H and O–H groups in total. The van der Waals surface area contributed by atoms with Crippen molar-refractivity contribution < 1.29 is 4.39 Å². The maximum absolute atomic E-state index is 12.9. The van der Waals surface area contributed by atoms with Crippen LogP contribution >= 0.6 is 12.6 Å². The Labute approximate surface area is 102 Å². The van der Waals surface area contributed by atoms with Crippen molar-refractivity contribution in [2.24, 2.45) is 5.92 Å². The number of piperidine rings is 1. The molecule has 2 atom stereocenters. The van der Waals surface area contributed by atoms with Gasteiger partial charge in [-0.2, -0.15) is 12.6 Å². The number of hydrogen-bond donors (Lipinski definition) is 2. The summed E-state index contributed by atoms with van der Waals surface area (Å²) in [5, 5.41) is 3.42. The van der Waals surface area contributed by atoms with Crippen LogP contribution in [0.25, 0.3) is 0 Å². The first-order valence-electron chi connectivity index (χ1n) is 5.88. The smallest absolute Gasteiger partial charge is 0.123 e. The van der Waals surface area contributed by atoms with Crippen LogP contribution in [0.15, 0.2) is 24.3 Å². The molecule has 1 aromatic rings. The zero-order valence-corrected chi connectivity index (χ0v) is 10.2. The Morgan fingerprint density at radius 2 is 2.12 bits per heavy atom. The highest BCUT2D eigenvalue weighted by Gasteiger charge is 2.23. The van der Waals surface area contributed by atoms with E-state index in [9.17, 15) is 4.39 Å². The van der Waals surface area contributed by atoms with Crippen molar-refractivity contribution in [2.75, 3.05) is 18.8 Å². The SMILES string of the molecule is Fc1ccc(C(CS)C2CCCNC2)cc1. The van der Waals surface area contributed by atoms with Gasteiger partial charge in [-0.3, -0.25) is 0 Å². The van der Waals surface area contributed by atoms with Crippen molar-refractivity contribution in [3.63, 3.8) is 0 Å². The van der Waals surface area contributed by atoms with Crippen LogP contribution in [0.4, 0.5) is 4.39 Å². The molecule has 0 amide bonds. The normalized spacial score (nSPS) is 23.0. The number of benzene rings is 1. The molecule has 0 bridgehead atoms. The maximum Gasteiger partial charge on any atom is 0.123 e. The van der Waals surface area contributed by atoms with Crippen LogP contribution in [0.1, 0.15) is 24.3 Å². The molecule has 2 rings (SSSR count). The fraction of sp³-hybridized carbons (Fsp3) is 0.538. The molecule has 1 aliphatic rings. The predicted molar refractivity (Wildman–Crippen MR) is 68.6 cm³/mol. The van der Waals surface area contributed by atoms with Crippen LogP contribution < -0.4 is 5.32 Å². The first kappa shape index (κ1) is 11.9. The Hall–Kier alpha value is -0.540. The summed E-state index contributed by atoms with van der Waals surface area (Å²) in [6.07, 6.45) is 2.48. The number of hydrogen-bond acceptors (Lipinski definition) is 2. The summed E-state index contributed by atoms with van der Waals surface area (Å²) in [6.45, 7) is 2.18. The summed E-state index contributed by atoms with van der Waals surface area (Å²) in [5.41, 5.74) is 1.21. The zero-order chi connectivity index (χ0) is 11.4. The average molecular weight is 239 g/mol. The van der Waals surface area contributed by atoms with Crippen molar-refractivity contribution in [1.29, 1.82) is 0 Å². The van der Waals surface area contributed by atoms with E-state index in [0.717, 1.165) is 18.8 Å². The predicted octanol–water partition coefficient (Wildman–Crippen LogP) is 2.84. The van der Waals surface area contributed by atoms with Gasteiger partial charge in [-0.15, -0.1) is 0 Å². The van der Waals surface area contributed by atoms with E-state index >= 15 is 0 Å². The highest BCUT2D eigenvalue weighted by Crippen LogP contribution is 2.30. The molecular formula is C13H18FNS. The first-order valence-corrected chi connectivity index (χ1v) is 6.51. The Morgan fingerprint density at radius 3 is 2.69 bits per heavy atom. The molecule has 1 aliphatic heterocycles. The lowest BCUT2D eigenvalue weighted by Gasteiger charge is -2.30. The summed E-state index contributed by atoms with van der Waals surface area (Å²) >= 11 is 4.44. The van der Waals surface area contributed by atoms with Crippen molar-refractivity contribution >= 4 is 12.6 Å². The van der Waals surface area contributed by atoms with E-state index in [1.165, 1.54) is 18.4 Å². The van der Waals surface area contributed by atoms with Crippen LogP contribution in [0.3, 0.4) is 0 Å². The molecule has 0 saturated carbocycles. The van der Waals surface area contributed by atoms with Gasteiger partial charge in [-0.25, -0.2) is 4.39 Å². The molecule has 1 heterocycles. The molecule has 1 aromatic carbocycles. The molecule has 3 heteroatoms. The third-order valence-electron chi connectivity index (χ3n) is 3.40. The zero-order valence-electron chi connectivity index (χ0n) is 9.32. The maximum atomic E-state index is 12.9. The first-order chi connectivity index (χ1) is 7.81. The van der Waals surface area contributed by atoms with Crippen molar-refractivity contribution in [3.05, 3.63) is 35.6 Å². The Morgan fingerprint density at radius 1 is 1.38 bits per heavy atom. The Bertz CT molecular complexity index is 319. The third-order valence-corrected chi connectivity index (χ3v) is 3.79. The average Bonchev–Trinajstić information content (AvgIpc) is 2.34. The highest BCUT2D eigenvalue weighted by atomic mass is 32.1. The molecule has 1 nitrogen and oxygen atoms in total. The summed E-state index contributed by atoms with van der Waals surface area (Å²) in [7, 11) is 0. The van der Waals surface area contributed by atoms with Gasteiger partial charge in [0.1, 0.15) is 5.82 Å². The van der Waals surface area contributed by atoms with Gasteiger partial charge in [0.2, 0.25) is 0 Å². The number of nitrogens with one attached hydrogen (secondary N) is 1. The van der Waals surface area contributed by atoms with Gasteiger partial charge in [-0.1, -0.05) is 12.1 Å². The lowest BCUT2D eigenvalue weighted by Crippen LogP contribution is -2.33. The lowest BCUT2D eigenvalue weighted by atomic mass is 9.83. The minimum atomic E-state index is -0.163. The number of thiol groups is 1. The van der Waals surface area contributed by atoms with Crippen LogP contribution in [0.2, 0.25) is 0 Å². The highest BCUT2D eigenvalue weighted by molar-refractivity contribution is 7.80. The van der Waals surface area contributed by atoms with E-state index < -0.39 is 0 Å². The molecule has 0 aromatic heterocycles. The minimum Gasteiger partial charge on any atom is -0.316 e. The summed E-state index contributed by atoms with van der Waals surface area (Å²) in [5.74, 6) is 1.75. The Kier molecular flexibility index (Phi) is 4.24. The summed E-state index contributed by atoms with van der Waals surface area (Å²) < 4.78 is 12.9. The van der Waals surface area contributed by atoms with Gasteiger partial charge in [0, 0.05) is 0 Å². The number of halogens is 1. The standard InChI is InChI=1S/C13H18FNS/c14-12-5-3-10(4-6-12)13(9-16)11-2-1-7-15-8-11/h3-6,11,13,15-16H,1-2,7-9H2. The molecule has 2 unspecified atom stereocenters. The second-order valence-corrected chi connectivity index (χ2v) is 4.81. The fourth-order valence-electron chi connectivity index (χ4n) is 2.46. The van der Waals surface area contributed by atoms with E-state index in [2.05, 4.69) is 17.9 Å². The van der Waals surface area contributed by atoms with Gasteiger partial charge >= 0.3 is 0 Å². The monoisotopic (exact) mass is 239 g/mol. The Balaban J connectivity index is 2.11. The fourth-order valence-corrected chi connectivity index (χ4v) is 2.97. The van der Waals surface area contributed by atoms with Gasteiger partial charge in [-0.05, 0) is 61.2 Å². The van der Waals surface area contributed by atoms with Crippen molar-refractivity contribution in [1.82, 2.24) is 5.32 Å². The van der Waals surface area contributed by atoms with Gasteiger partial charge in [0.25, 0.3) is 0 Å². The van der Waals surface area contributed by atoms with Crippen LogP contribution in [0, 0.1) is 11.7 Å². The molecule has 0 radical (unpaired) electrons. The van der Waals surface area contributed by atoms with E-state index in [1.807, 2.05) is 12.1 Å². The van der Waals surface area contributed by atoms with Gasteiger partial charge < -0.3 is 5.32 Å². The van der Waals surface area contributed by atoms with E-state index in [1.54, 1.807) is 12.1 Å². The van der Waals surface area contributed by atoms with Crippen LogP contribution in [0.5, 0.6) is 0 Å². The van der Waals surface area contributed by atoms with Crippen molar-refractivity contribution in [3.8, 4) is 0 Å². The molecule has 1 fully saturated rings. The van der Waals surface area contributed by atoms with Gasteiger partial charge in [0.05, 0.1) is 0 Å². The van der Waals surface area contributed by atoms with E-state index in [-0.39, 0.29) is 5.82 Å². The minimum absolute atomic E-state index is 0.163. The largest absolute Gasteiger partial charge is 0.316 e. The van der Waals surface area contributed by atoms with Crippen LogP contribution in [-0.2, 0) is 0 Å². The van der Waals surface area contributed by atoms with Crippen molar-refractivity contribution in [2.45, 2.75) is 18.8 Å². The van der Waals surface area contributed by atoms with E-state index in [4.69, 9.17) is 0 Å². The molecule has 1 saturated heterocycles. The summed E-state index contributed by atoms with van der Waals surface area (Å²) in [4.78, 5) is 0.